The van der Waals surface area contributed by atoms with Gasteiger partial charge in [0.1, 0.15) is 5.75 Å². The quantitative estimate of drug-likeness (QED) is 0.0751. The third-order valence-corrected chi connectivity index (χ3v) is 21.7. The molecule has 1 unspecified atom stereocenters. The number of para-hydroxylation sites is 1. The summed E-state index contributed by atoms with van der Waals surface area (Å²) in [5.74, 6) is 0.925. The summed E-state index contributed by atoms with van der Waals surface area (Å²) in [5, 5.41) is 2.44. The summed E-state index contributed by atoms with van der Waals surface area (Å²) in [7, 11) is -1.70. The molecule has 0 saturated carbocycles. The Morgan fingerprint density at radius 3 is 1.41 bits per heavy atom. The second-order valence-corrected chi connectivity index (χ2v) is 29.6. The molecule has 0 N–H and O–H groups in total. The predicted octanol–water partition coefficient (Wildman–Crippen LogP) is 23.1. The van der Waals surface area contributed by atoms with Crippen LogP contribution in [0.1, 0.15) is 40.7 Å². The lowest BCUT2D eigenvalue weighted by Crippen LogP contribution is -2.31. The van der Waals surface area contributed by atoms with Gasteiger partial charge in [-0.15, -0.1) is 0 Å². The van der Waals surface area contributed by atoms with E-state index >= 15 is 0 Å². The van der Waals surface area contributed by atoms with Gasteiger partial charge in [-0.2, -0.15) is 0 Å². The van der Waals surface area contributed by atoms with Gasteiger partial charge in [-0.05, 0) is 181 Å². The third kappa shape index (κ3) is 10.7. The van der Waals surface area contributed by atoms with Crippen molar-refractivity contribution in [2.24, 2.45) is 0 Å². The van der Waals surface area contributed by atoms with Crippen molar-refractivity contribution in [3.8, 4) is 67.1 Å². The van der Waals surface area contributed by atoms with E-state index in [0.29, 0.717) is 0 Å². The van der Waals surface area contributed by atoms with Crippen molar-refractivity contribution in [1.82, 2.24) is 4.57 Å². The second-order valence-electron chi connectivity index (χ2n) is 24.3. The van der Waals surface area contributed by atoms with Crippen molar-refractivity contribution in [1.29, 1.82) is 0 Å². The first-order valence-corrected chi connectivity index (χ1v) is 34.3. The molecule has 88 heavy (non-hydrogen) atoms. The van der Waals surface area contributed by atoms with Gasteiger partial charge in [0, 0.05) is 38.9 Å². The molecule has 12 aromatic carbocycles. The fraction of sp³-hybridized carbons (Fsp3) is 0.0952. The van der Waals surface area contributed by atoms with Crippen LogP contribution >= 0.6 is 0 Å². The van der Waals surface area contributed by atoms with Crippen molar-refractivity contribution >= 4 is 59.1 Å². The SMILES string of the molecule is C=Cc1ccc(-c2ccc(OCC[Si](C)(C)CCCC3(c4ccccc4)c4ccccc4-c4ccc(N(c5ccc(-c6ccccc6)cc5)c5ccc(-c6ccc7c(c6)c6cc(-c8ccc(C=C)cc8)ccc6n7-c6ccccc6)cc5)cc43)cc2)cc1. The fourth-order valence-corrected chi connectivity index (χ4v) is 15.7. The molecule has 0 aliphatic heterocycles. The van der Waals surface area contributed by atoms with Crippen molar-refractivity contribution in [2.75, 3.05) is 11.5 Å². The largest absolute Gasteiger partial charge is 0.494 e. The van der Waals surface area contributed by atoms with E-state index in [-0.39, 0.29) is 5.41 Å². The topological polar surface area (TPSA) is 17.4 Å². The van der Waals surface area contributed by atoms with Gasteiger partial charge < -0.3 is 14.2 Å². The van der Waals surface area contributed by atoms with Gasteiger partial charge >= 0.3 is 0 Å². The maximum atomic E-state index is 6.48. The fourth-order valence-electron chi connectivity index (χ4n) is 13.6. The van der Waals surface area contributed by atoms with Crippen LogP contribution in [0, 0.1) is 0 Å². The molecular formula is C84H70N2OSi. The maximum Gasteiger partial charge on any atom is 0.119 e. The standard InChI is InChI=1S/C84H70N2OSi/c1-5-60-27-31-63(32-28-60)65-39-48-75(49-40-65)87-54-56-88(3,4)55-18-53-84(70-21-12-8-13-22-70)80-26-17-16-25-76(80)77-50-47-74(59-81(77)84)85(72-43-35-64(36-44-72)62-19-10-7-11-20-62)73-45-37-67(38-46-73)69-42-52-83-79(58-69)78-57-68(66-33-29-61(6-2)30-34-66)41-51-82(78)86(83)71-23-14-9-15-24-71/h5-17,19-52,57-59H,1-2,18,53-56H2,3-4H3. The molecule has 426 valence electrons. The summed E-state index contributed by atoms with van der Waals surface area (Å²) in [6.45, 7) is 13.7. The van der Waals surface area contributed by atoms with E-state index in [1.807, 2.05) is 12.2 Å². The van der Waals surface area contributed by atoms with Crippen LogP contribution in [0.5, 0.6) is 5.75 Å². The minimum Gasteiger partial charge on any atom is -0.494 e. The number of hydrogen-bond acceptors (Lipinski definition) is 2. The van der Waals surface area contributed by atoms with Gasteiger partial charge in [0.15, 0.2) is 0 Å². The molecule has 1 atom stereocenters. The van der Waals surface area contributed by atoms with Crippen molar-refractivity contribution in [2.45, 2.75) is 43.4 Å². The van der Waals surface area contributed by atoms with Crippen LogP contribution in [0.15, 0.2) is 304 Å². The molecule has 1 aliphatic carbocycles. The Balaban J connectivity index is 0.803. The minimum absolute atomic E-state index is 0.357. The molecule has 1 heterocycles. The van der Waals surface area contributed by atoms with E-state index in [9.17, 15) is 0 Å². The number of fused-ring (bicyclic) bond motifs is 6. The number of aromatic nitrogens is 1. The minimum atomic E-state index is -1.70. The first-order chi connectivity index (χ1) is 43.2. The molecule has 0 saturated heterocycles. The van der Waals surface area contributed by atoms with E-state index < -0.39 is 8.07 Å². The van der Waals surface area contributed by atoms with Gasteiger partial charge in [-0.25, -0.2) is 0 Å². The summed E-state index contributed by atoms with van der Waals surface area (Å²) in [6.07, 6.45) is 5.87. The van der Waals surface area contributed by atoms with Crippen LogP contribution < -0.4 is 9.64 Å². The molecular weight excluding hydrogens is 1080 g/mol. The molecule has 1 aromatic heterocycles. The smallest absolute Gasteiger partial charge is 0.119 e. The molecule has 0 bridgehead atoms. The number of hydrogen-bond donors (Lipinski definition) is 0. The summed E-state index contributed by atoms with van der Waals surface area (Å²) in [5.41, 5.74) is 24.9. The molecule has 0 spiro atoms. The lowest BCUT2D eigenvalue weighted by Gasteiger charge is -2.35. The molecule has 3 nitrogen and oxygen atoms in total. The van der Waals surface area contributed by atoms with Crippen LogP contribution in [0.2, 0.25) is 25.2 Å². The van der Waals surface area contributed by atoms with E-state index in [2.05, 4.69) is 327 Å². The third-order valence-electron chi connectivity index (χ3n) is 18.4. The van der Waals surface area contributed by atoms with E-state index in [1.54, 1.807) is 0 Å². The van der Waals surface area contributed by atoms with Gasteiger partial charge in [0.2, 0.25) is 0 Å². The normalized spacial score (nSPS) is 13.5. The summed E-state index contributed by atoms with van der Waals surface area (Å²) in [6, 6.07) is 109. The first-order valence-electron chi connectivity index (χ1n) is 30.9. The number of rotatable bonds is 19. The van der Waals surface area contributed by atoms with Gasteiger partial charge in [0.25, 0.3) is 0 Å². The number of benzene rings is 12. The number of anilines is 3. The molecule has 0 amide bonds. The maximum absolute atomic E-state index is 6.48. The molecule has 0 radical (unpaired) electrons. The second kappa shape index (κ2) is 23.9. The average molecular weight is 1150 g/mol. The zero-order chi connectivity index (χ0) is 59.6. The van der Waals surface area contributed by atoms with Crippen LogP contribution in [-0.2, 0) is 5.41 Å². The van der Waals surface area contributed by atoms with Crippen molar-refractivity contribution in [3.05, 3.63) is 332 Å². The summed E-state index contributed by atoms with van der Waals surface area (Å²) >= 11 is 0. The molecule has 4 heteroatoms. The molecule has 13 aromatic rings. The van der Waals surface area contributed by atoms with Crippen LogP contribution in [0.3, 0.4) is 0 Å². The van der Waals surface area contributed by atoms with Crippen molar-refractivity contribution < 1.29 is 4.74 Å². The number of nitrogens with zero attached hydrogens (tertiary/aromatic N) is 2. The van der Waals surface area contributed by atoms with Crippen LogP contribution in [-0.4, -0.2) is 19.2 Å². The summed E-state index contributed by atoms with van der Waals surface area (Å²) in [4.78, 5) is 2.46. The Hall–Kier alpha value is -10.3. The van der Waals surface area contributed by atoms with E-state index in [1.165, 1.54) is 94.6 Å². The first kappa shape index (κ1) is 55.6. The highest BCUT2D eigenvalue weighted by Crippen LogP contribution is 2.57. The predicted molar refractivity (Wildman–Crippen MR) is 377 cm³/mol. The molecule has 14 rings (SSSR count). The van der Waals surface area contributed by atoms with Gasteiger partial charge in [0.05, 0.1) is 25.7 Å². The highest BCUT2D eigenvalue weighted by Gasteiger charge is 2.45. The lowest BCUT2D eigenvalue weighted by molar-refractivity contribution is 0.338. The van der Waals surface area contributed by atoms with E-state index in [0.717, 1.165) is 70.7 Å². The lowest BCUT2D eigenvalue weighted by atomic mass is 9.69. The number of ether oxygens (including phenoxy) is 1. The summed E-state index contributed by atoms with van der Waals surface area (Å²) < 4.78 is 8.88. The molecule has 0 fully saturated rings. The highest BCUT2D eigenvalue weighted by molar-refractivity contribution is 6.77. The zero-order valence-corrected chi connectivity index (χ0v) is 51.1. The van der Waals surface area contributed by atoms with Crippen molar-refractivity contribution in [3.63, 3.8) is 0 Å². The van der Waals surface area contributed by atoms with Gasteiger partial charge in [-0.1, -0.05) is 257 Å². The Kier molecular flexibility index (Phi) is 15.1. The Morgan fingerprint density at radius 2 is 0.852 bits per heavy atom. The Morgan fingerprint density at radius 1 is 0.409 bits per heavy atom. The van der Waals surface area contributed by atoms with Crippen LogP contribution in [0.4, 0.5) is 17.1 Å². The Labute approximate surface area is 519 Å². The molecule has 1 aliphatic rings. The Bertz CT molecular complexity index is 4630. The van der Waals surface area contributed by atoms with Crippen LogP contribution in [0.25, 0.3) is 95.3 Å². The highest BCUT2D eigenvalue weighted by atomic mass is 28.3. The zero-order valence-electron chi connectivity index (χ0n) is 50.1. The monoisotopic (exact) mass is 1150 g/mol. The van der Waals surface area contributed by atoms with Gasteiger partial charge in [-0.3, -0.25) is 0 Å². The van der Waals surface area contributed by atoms with E-state index in [4.69, 9.17) is 4.74 Å². The average Bonchev–Trinajstić information content (AvgIpc) is 1.57.